The Morgan fingerprint density at radius 1 is 1.12 bits per heavy atom. The van der Waals surface area contributed by atoms with Crippen LogP contribution in [-0.2, 0) is 14.3 Å². The van der Waals surface area contributed by atoms with Gasteiger partial charge in [-0.3, -0.25) is 0 Å². The molecule has 0 fully saturated rings. The van der Waals surface area contributed by atoms with E-state index in [-0.39, 0.29) is 32.0 Å². The van der Waals surface area contributed by atoms with E-state index in [0.717, 1.165) is 11.8 Å². The van der Waals surface area contributed by atoms with Crippen LogP contribution in [0, 0.1) is 0 Å². The third-order valence-electron chi connectivity index (χ3n) is 2.81. The molecule has 25 heavy (non-hydrogen) atoms. The number of carbonyl (C=O) groups is 1. The third-order valence-corrected chi connectivity index (χ3v) is 2.81. The zero-order valence-electron chi connectivity index (χ0n) is 14.7. The number of hydrogen-bond acceptors (Lipinski definition) is 6. The predicted molar refractivity (Wildman–Crippen MR) is 93.7 cm³/mol. The Balaban J connectivity index is 0.00000101. The fourth-order valence-electron chi connectivity index (χ4n) is 1.43. The van der Waals surface area contributed by atoms with Crippen LogP contribution in [0.5, 0.6) is 5.75 Å². The minimum atomic E-state index is -0.981. The van der Waals surface area contributed by atoms with E-state index in [1.807, 2.05) is 37.3 Å². The number of carboxylic acids is 1. The van der Waals surface area contributed by atoms with Crippen LogP contribution in [0.2, 0.25) is 0 Å². The topological polar surface area (TPSA) is 105 Å². The minimum absolute atomic E-state index is 0.0136. The van der Waals surface area contributed by atoms with Gasteiger partial charge in [0.2, 0.25) is 0 Å². The van der Waals surface area contributed by atoms with Gasteiger partial charge < -0.3 is 29.5 Å². The first-order valence-corrected chi connectivity index (χ1v) is 7.94. The van der Waals surface area contributed by atoms with Gasteiger partial charge in [-0.2, -0.15) is 0 Å². The van der Waals surface area contributed by atoms with E-state index in [0.29, 0.717) is 6.61 Å². The summed E-state index contributed by atoms with van der Waals surface area (Å²) in [5, 5.41) is 26.2. The van der Waals surface area contributed by atoms with Gasteiger partial charge in [0.05, 0.1) is 32.0 Å². The molecule has 1 aromatic carbocycles. The molecule has 7 nitrogen and oxygen atoms in total. The van der Waals surface area contributed by atoms with Gasteiger partial charge in [0.25, 0.3) is 0 Å². The molecule has 0 saturated carbocycles. The smallest absolute Gasteiger partial charge is 0.327 e. The van der Waals surface area contributed by atoms with E-state index in [1.165, 1.54) is 0 Å². The largest absolute Gasteiger partial charge is 0.491 e. The van der Waals surface area contributed by atoms with Crippen molar-refractivity contribution in [3.63, 3.8) is 0 Å². The van der Waals surface area contributed by atoms with E-state index in [4.69, 9.17) is 24.4 Å². The van der Waals surface area contributed by atoms with Gasteiger partial charge in [-0.25, -0.2) is 4.79 Å². The molecule has 0 spiro atoms. The van der Waals surface area contributed by atoms with Crippen molar-refractivity contribution >= 4 is 5.97 Å². The van der Waals surface area contributed by atoms with E-state index >= 15 is 0 Å². The summed E-state index contributed by atoms with van der Waals surface area (Å²) in [5.41, 5.74) is 0. The van der Waals surface area contributed by atoms with Gasteiger partial charge in [0, 0.05) is 6.08 Å². The molecule has 0 amide bonds. The molecule has 3 N–H and O–H groups in total. The summed E-state index contributed by atoms with van der Waals surface area (Å²) in [5.74, 6) is -0.260. The molecule has 0 bridgehead atoms. The molecule has 0 saturated heterocycles. The molecule has 0 aliphatic heterocycles. The Hall–Kier alpha value is -1.93. The van der Waals surface area contributed by atoms with Crippen LogP contribution >= 0.6 is 0 Å². The summed E-state index contributed by atoms with van der Waals surface area (Å²) in [7, 11) is 0. The zero-order valence-corrected chi connectivity index (χ0v) is 14.7. The molecular formula is C18H28O7. The van der Waals surface area contributed by atoms with Gasteiger partial charge in [-0.1, -0.05) is 24.8 Å². The van der Waals surface area contributed by atoms with Crippen LogP contribution in [0.15, 0.2) is 43.0 Å². The zero-order chi connectivity index (χ0) is 19.1. The lowest BCUT2D eigenvalue weighted by atomic mass is 10.3. The van der Waals surface area contributed by atoms with Crippen molar-refractivity contribution < 1.29 is 34.3 Å². The van der Waals surface area contributed by atoms with Crippen molar-refractivity contribution in [2.75, 3.05) is 26.4 Å². The molecule has 0 aliphatic rings. The third kappa shape index (κ3) is 14.1. The molecule has 3 unspecified atom stereocenters. The van der Waals surface area contributed by atoms with E-state index < -0.39 is 12.1 Å². The standard InChI is InChI=1S/C15H24O5.C3H4O2/c1-12(8-16)18-9-13(2)19-10-14(17)11-20-15-6-4-3-5-7-15;1-2-3(4)5/h3-7,12-14,16-17H,8-11H2,1-2H3;2H,1H2,(H,4,5). The second-order valence-electron chi connectivity index (χ2n) is 5.29. The fraction of sp³-hybridized carbons (Fsp3) is 0.500. The quantitative estimate of drug-likeness (QED) is 0.516. The summed E-state index contributed by atoms with van der Waals surface area (Å²) in [6.45, 7) is 7.34. The summed E-state index contributed by atoms with van der Waals surface area (Å²) in [6, 6.07) is 9.32. The lowest BCUT2D eigenvalue weighted by Gasteiger charge is -2.18. The summed E-state index contributed by atoms with van der Waals surface area (Å²) < 4.78 is 16.2. The number of para-hydroxylation sites is 1. The molecule has 0 aromatic heterocycles. The van der Waals surface area contributed by atoms with Crippen molar-refractivity contribution in [2.45, 2.75) is 32.2 Å². The number of hydrogen-bond donors (Lipinski definition) is 3. The lowest BCUT2D eigenvalue weighted by molar-refractivity contribution is -0.131. The maximum Gasteiger partial charge on any atom is 0.327 e. The summed E-state index contributed by atoms with van der Waals surface area (Å²) in [4.78, 5) is 9.25. The average molecular weight is 356 g/mol. The highest BCUT2D eigenvalue weighted by Crippen LogP contribution is 2.08. The average Bonchev–Trinajstić information content (AvgIpc) is 2.63. The molecule has 142 valence electrons. The van der Waals surface area contributed by atoms with Gasteiger partial charge in [-0.15, -0.1) is 0 Å². The lowest BCUT2D eigenvalue weighted by Crippen LogP contribution is -2.29. The van der Waals surface area contributed by atoms with Crippen molar-refractivity contribution in [2.24, 2.45) is 0 Å². The number of rotatable bonds is 11. The Labute approximate surface area is 148 Å². The van der Waals surface area contributed by atoms with Gasteiger partial charge in [0.15, 0.2) is 0 Å². The Bertz CT molecular complexity index is 464. The van der Waals surface area contributed by atoms with Crippen LogP contribution in [-0.4, -0.2) is 66.0 Å². The summed E-state index contributed by atoms with van der Waals surface area (Å²) in [6.07, 6.45) is -0.198. The molecule has 0 radical (unpaired) electrons. The number of ether oxygens (including phenoxy) is 3. The molecule has 0 heterocycles. The number of aliphatic hydroxyl groups is 2. The first kappa shape index (κ1) is 23.1. The van der Waals surface area contributed by atoms with Gasteiger partial charge in [0.1, 0.15) is 18.5 Å². The monoisotopic (exact) mass is 356 g/mol. The Kier molecular flexibility index (Phi) is 13.3. The van der Waals surface area contributed by atoms with Crippen molar-refractivity contribution in [1.82, 2.24) is 0 Å². The van der Waals surface area contributed by atoms with Crippen molar-refractivity contribution in [1.29, 1.82) is 0 Å². The SMILES string of the molecule is C=CC(=O)O.CC(CO)OCC(C)OCC(O)COc1ccccc1. The second-order valence-corrected chi connectivity index (χ2v) is 5.29. The molecule has 7 heteroatoms. The van der Waals surface area contributed by atoms with Crippen molar-refractivity contribution in [3.8, 4) is 5.75 Å². The van der Waals surface area contributed by atoms with Gasteiger partial charge in [-0.05, 0) is 26.0 Å². The molecule has 3 atom stereocenters. The van der Waals surface area contributed by atoms with Crippen LogP contribution < -0.4 is 4.74 Å². The van der Waals surface area contributed by atoms with E-state index in [9.17, 15) is 9.90 Å². The Morgan fingerprint density at radius 2 is 1.68 bits per heavy atom. The molecular weight excluding hydrogens is 328 g/mol. The number of aliphatic carboxylic acids is 1. The number of aliphatic hydroxyl groups excluding tert-OH is 2. The highest BCUT2D eigenvalue weighted by atomic mass is 16.5. The highest BCUT2D eigenvalue weighted by molar-refractivity contribution is 5.78. The highest BCUT2D eigenvalue weighted by Gasteiger charge is 2.10. The summed E-state index contributed by atoms with van der Waals surface area (Å²) >= 11 is 0. The normalized spacial score (nSPS) is 13.8. The predicted octanol–water partition coefficient (Wildman–Crippen LogP) is 1.49. The first-order valence-electron chi connectivity index (χ1n) is 7.94. The van der Waals surface area contributed by atoms with E-state index in [1.54, 1.807) is 6.92 Å². The van der Waals surface area contributed by atoms with Crippen LogP contribution in [0.25, 0.3) is 0 Å². The Morgan fingerprint density at radius 3 is 2.20 bits per heavy atom. The first-order chi connectivity index (χ1) is 11.9. The second kappa shape index (κ2) is 14.4. The van der Waals surface area contributed by atoms with Crippen molar-refractivity contribution in [3.05, 3.63) is 43.0 Å². The fourth-order valence-corrected chi connectivity index (χ4v) is 1.43. The molecule has 1 rings (SSSR count). The number of benzene rings is 1. The van der Waals surface area contributed by atoms with Crippen LogP contribution in [0.3, 0.4) is 0 Å². The van der Waals surface area contributed by atoms with Crippen LogP contribution in [0.4, 0.5) is 0 Å². The maximum atomic E-state index is 9.75. The van der Waals surface area contributed by atoms with E-state index in [2.05, 4.69) is 6.58 Å². The van der Waals surface area contributed by atoms with Crippen LogP contribution in [0.1, 0.15) is 13.8 Å². The molecule has 0 aliphatic carbocycles. The molecule has 1 aromatic rings. The maximum absolute atomic E-state index is 9.75. The van der Waals surface area contributed by atoms with Gasteiger partial charge >= 0.3 is 5.97 Å². The number of carboxylic acid groups (broad SMARTS) is 1. The minimum Gasteiger partial charge on any atom is -0.491 e.